The summed E-state index contributed by atoms with van der Waals surface area (Å²) in [5.74, 6) is -0.276. The Hall–Kier alpha value is -1.19. The molecule has 0 aliphatic heterocycles. The lowest BCUT2D eigenvalue weighted by atomic mass is 9.91. The number of halogens is 2. The highest BCUT2D eigenvalue weighted by Crippen LogP contribution is 2.26. The van der Waals surface area contributed by atoms with Gasteiger partial charge in [0.2, 0.25) is 0 Å². The fraction of sp³-hybridized carbons (Fsp3) is 0.250. The number of hydrogen-bond donors (Lipinski definition) is 1. The van der Waals surface area contributed by atoms with Crippen LogP contribution in [0.5, 0.6) is 0 Å². The Morgan fingerprint density at radius 2 is 1.84 bits per heavy atom. The standard InChI is InChI=1S/C16H16BrFO/c1-11(16(19)12-5-3-2-4-6-12)9-13-10-14(17)7-8-15(13)18/h2-8,10-11,16,19H,9H2,1H3. The van der Waals surface area contributed by atoms with Gasteiger partial charge in [-0.1, -0.05) is 53.2 Å². The summed E-state index contributed by atoms with van der Waals surface area (Å²) < 4.78 is 14.5. The van der Waals surface area contributed by atoms with E-state index < -0.39 is 6.10 Å². The number of aliphatic hydroxyl groups is 1. The van der Waals surface area contributed by atoms with Gasteiger partial charge in [0.1, 0.15) is 5.82 Å². The zero-order chi connectivity index (χ0) is 13.8. The van der Waals surface area contributed by atoms with Crippen LogP contribution in [0.4, 0.5) is 4.39 Å². The van der Waals surface area contributed by atoms with Gasteiger partial charge in [0, 0.05) is 4.47 Å². The highest BCUT2D eigenvalue weighted by molar-refractivity contribution is 9.10. The molecule has 2 atom stereocenters. The van der Waals surface area contributed by atoms with Crippen LogP contribution in [-0.2, 0) is 6.42 Å². The largest absolute Gasteiger partial charge is 0.388 e. The molecule has 0 heterocycles. The summed E-state index contributed by atoms with van der Waals surface area (Å²) in [5.41, 5.74) is 1.49. The minimum absolute atomic E-state index is 0.0498. The summed E-state index contributed by atoms with van der Waals surface area (Å²) in [5, 5.41) is 10.3. The second-order valence-corrected chi connectivity index (χ2v) is 5.69. The maximum atomic E-state index is 13.7. The molecule has 0 bridgehead atoms. The molecule has 100 valence electrons. The molecule has 0 amide bonds. The van der Waals surface area contributed by atoms with Gasteiger partial charge in [-0.05, 0) is 41.7 Å². The normalized spacial score (nSPS) is 14.1. The van der Waals surface area contributed by atoms with E-state index in [1.165, 1.54) is 6.07 Å². The SMILES string of the molecule is CC(Cc1cc(Br)ccc1F)C(O)c1ccccc1. The summed E-state index contributed by atoms with van der Waals surface area (Å²) in [6, 6.07) is 14.4. The van der Waals surface area contributed by atoms with Crippen molar-refractivity contribution in [3.8, 4) is 0 Å². The Morgan fingerprint density at radius 3 is 2.53 bits per heavy atom. The van der Waals surface area contributed by atoms with Gasteiger partial charge in [0.15, 0.2) is 0 Å². The highest BCUT2D eigenvalue weighted by Gasteiger charge is 2.18. The molecule has 2 aromatic rings. The van der Waals surface area contributed by atoms with E-state index in [4.69, 9.17) is 0 Å². The first-order valence-corrected chi connectivity index (χ1v) is 7.04. The van der Waals surface area contributed by atoms with E-state index in [1.807, 2.05) is 37.3 Å². The molecule has 0 saturated carbocycles. The lowest BCUT2D eigenvalue weighted by Crippen LogP contribution is -2.12. The molecule has 0 fully saturated rings. The second-order valence-electron chi connectivity index (χ2n) is 4.77. The second kappa shape index (κ2) is 6.31. The molecule has 19 heavy (non-hydrogen) atoms. The molecule has 1 N–H and O–H groups in total. The average molecular weight is 323 g/mol. The van der Waals surface area contributed by atoms with E-state index in [0.717, 1.165) is 10.0 Å². The Labute approximate surface area is 121 Å². The van der Waals surface area contributed by atoms with Gasteiger partial charge in [0.25, 0.3) is 0 Å². The third-order valence-corrected chi connectivity index (χ3v) is 3.72. The first-order chi connectivity index (χ1) is 9.08. The summed E-state index contributed by atoms with van der Waals surface area (Å²) in [6.07, 6.45) is -0.0824. The first-order valence-electron chi connectivity index (χ1n) is 6.25. The molecule has 0 aliphatic rings. The summed E-state index contributed by atoms with van der Waals surface area (Å²) in [4.78, 5) is 0. The molecular weight excluding hydrogens is 307 g/mol. The minimum atomic E-state index is -0.584. The summed E-state index contributed by atoms with van der Waals surface area (Å²) >= 11 is 3.34. The van der Waals surface area contributed by atoms with Gasteiger partial charge in [0.05, 0.1) is 6.10 Å². The van der Waals surface area contributed by atoms with Gasteiger partial charge in [-0.2, -0.15) is 0 Å². The molecule has 0 saturated heterocycles. The van der Waals surface area contributed by atoms with Crippen LogP contribution in [0.25, 0.3) is 0 Å². The lowest BCUT2D eigenvalue weighted by molar-refractivity contribution is 0.117. The Bertz CT molecular complexity index is 542. The van der Waals surface area contributed by atoms with Crippen LogP contribution in [-0.4, -0.2) is 5.11 Å². The number of aliphatic hydroxyl groups excluding tert-OH is 1. The minimum Gasteiger partial charge on any atom is -0.388 e. The molecule has 3 heteroatoms. The molecule has 0 radical (unpaired) electrons. The third-order valence-electron chi connectivity index (χ3n) is 3.23. The highest BCUT2D eigenvalue weighted by atomic mass is 79.9. The van der Waals surface area contributed by atoms with Gasteiger partial charge in [-0.15, -0.1) is 0 Å². The van der Waals surface area contributed by atoms with Crippen molar-refractivity contribution in [3.63, 3.8) is 0 Å². The zero-order valence-corrected chi connectivity index (χ0v) is 12.3. The molecule has 2 rings (SSSR count). The van der Waals surface area contributed by atoms with Crippen LogP contribution in [0.3, 0.4) is 0 Å². The number of hydrogen-bond acceptors (Lipinski definition) is 1. The Morgan fingerprint density at radius 1 is 1.16 bits per heavy atom. The molecule has 0 aromatic heterocycles. The molecule has 1 nitrogen and oxygen atoms in total. The fourth-order valence-corrected chi connectivity index (χ4v) is 2.55. The number of rotatable bonds is 4. The molecule has 0 spiro atoms. The maximum absolute atomic E-state index is 13.7. The average Bonchev–Trinajstić information content (AvgIpc) is 2.43. The van der Waals surface area contributed by atoms with E-state index >= 15 is 0 Å². The van der Waals surface area contributed by atoms with Gasteiger partial charge < -0.3 is 5.11 Å². The van der Waals surface area contributed by atoms with Gasteiger partial charge in [-0.3, -0.25) is 0 Å². The maximum Gasteiger partial charge on any atom is 0.126 e. The van der Waals surface area contributed by atoms with Crippen LogP contribution >= 0.6 is 15.9 Å². The third kappa shape index (κ3) is 3.64. The van der Waals surface area contributed by atoms with Crippen molar-refractivity contribution in [1.82, 2.24) is 0 Å². The molecule has 2 unspecified atom stereocenters. The summed E-state index contributed by atoms with van der Waals surface area (Å²) in [7, 11) is 0. The van der Waals surface area contributed by atoms with Crippen molar-refractivity contribution < 1.29 is 9.50 Å². The molecular formula is C16H16BrFO. The Kier molecular flexibility index (Phi) is 4.72. The monoisotopic (exact) mass is 322 g/mol. The fourth-order valence-electron chi connectivity index (χ4n) is 2.14. The van der Waals surface area contributed by atoms with E-state index in [9.17, 15) is 9.50 Å². The van der Waals surface area contributed by atoms with Crippen molar-refractivity contribution in [2.75, 3.05) is 0 Å². The smallest absolute Gasteiger partial charge is 0.126 e. The van der Waals surface area contributed by atoms with Crippen molar-refractivity contribution in [1.29, 1.82) is 0 Å². The van der Waals surface area contributed by atoms with E-state index in [1.54, 1.807) is 12.1 Å². The number of benzene rings is 2. The summed E-state index contributed by atoms with van der Waals surface area (Å²) in [6.45, 7) is 1.93. The predicted octanol–water partition coefficient (Wildman–Crippen LogP) is 4.50. The predicted molar refractivity (Wildman–Crippen MR) is 78.4 cm³/mol. The first kappa shape index (κ1) is 14.2. The van der Waals surface area contributed by atoms with Crippen molar-refractivity contribution in [2.24, 2.45) is 5.92 Å². The molecule has 0 aliphatic carbocycles. The van der Waals surface area contributed by atoms with Crippen molar-refractivity contribution in [2.45, 2.75) is 19.4 Å². The van der Waals surface area contributed by atoms with Crippen molar-refractivity contribution >= 4 is 15.9 Å². The Balaban J connectivity index is 2.12. The van der Waals surface area contributed by atoms with Crippen LogP contribution in [0, 0.1) is 11.7 Å². The van der Waals surface area contributed by atoms with E-state index in [0.29, 0.717) is 12.0 Å². The van der Waals surface area contributed by atoms with Crippen LogP contribution in [0.1, 0.15) is 24.2 Å². The van der Waals surface area contributed by atoms with Gasteiger partial charge in [-0.25, -0.2) is 4.39 Å². The van der Waals surface area contributed by atoms with Gasteiger partial charge >= 0.3 is 0 Å². The van der Waals surface area contributed by atoms with E-state index in [-0.39, 0.29) is 11.7 Å². The molecule has 2 aromatic carbocycles. The zero-order valence-electron chi connectivity index (χ0n) is 10.7. The van der Waals surface area contributed by atoms with Crippen molar-refractivity contribution in [3.05, 3.63) is 69.9 Å². The van der Waals surface area contributed by atoms with Crippen LogP contribution in [0.15, 0.2) is 53.0 Å². The topological polar surface area (TPSA) is 20.2 Å². The van der Waals surface area contributed by atoms with Crippen LogP contribution < -0.4 is 0 Å². The van der Waals surface area contributed by atoms with Crippen LogP contribution in [0.2, 0.25) is 0 Å². The van der Waals surface area contributed by atoms with E-state index in [2.05, 4.69) is 15.9 Å². The quantitative estimate of drug-likeness (QED) is 0.878. The lowest BCUT2D eigenvalue weighted by Gasteiger charge is -2.19.